The van der Waals surface area contributed by atoms with Crippen molar-refractivity contribution >= 4 is 39.7 Å². The first-order valence-corrected chi connectivity index (χ1v) is 13.8. The smallest absolute Gasteiger partial charge is 0.301 e. The number of anilines is 1. The van der Waals surface area contributed by atoms with Gasteiger partial charge in [0.2, 0.25) is 0 Å². The number of aromatic nitrogens is 1. The second kappa shape index (κ2) is 10.6. The van der Waals surface area contributed by atoms with E-state index in [0.29, 0.717) is 40.5 Å². The van der Waals surface area contributed by atoms with Gasteiger partial charge in [0.15, 0.2) is 10.9 Å². The summed E-state index contributed by atoms with van der Waals surface area (Å²) in [5, 5.41) is 11.7. The molecule has 3 aromatic rings. The van der Waals surface area contributed by atoms with Crippen LogP contribution >= 0.6 is 11.3 Å². The first kappa shape index (κ1) is 26.6. The highest BCUT2D eigenvalue weighted by molar-refractivity contribution is 7.18. The molecule has 0 bridgehead atoms. The summed E-state index contributed by atoms with van der Waals surface area (Å²) in [5.41, 5.74) is 2.36. The number of hydrogen-bond acceptors (Lipinski definition) is 8. The highest BCUT2D eigenvalue weighted by Gasteiger charge is 2.48. The van der Waals surface area contributed by atoms with Crippen molar-refractivity contribution in [3.05, 3.63) is 75.3 Å². The minimum atomic E-state index is -0.964. The molecule has 3 heterocycles. The number of carbonyl (C=O) groups excluding carboxylic acids is 3. The van der Waals surface area contributed by atoms with Gasteiger partial charge in [-0.2, -0.15) is 0 Å². The van der Waals surface area contributed by atoms with Crippen molar-refractivity contribution < 1.29 is 29.0 Å². The molecular formula is C30H30N2O6S. The topological polar surface area (TPSA) is 106 Å². The highest BCUT2D eigenvalue weighted by atomic mass is 32.1. The van der Waals surface area contributed by atoms with Crippen molar-refractivity contribution in [3.63, 3.8) is 0 Å². The van der Waals surface area contributed by atoms with Crippen LogP contribution in [0, 0.1) is 6.92 Å². The molecule has 0 aliphatic carbocycles. The van der Waals surface area contributed by atoms with E-state index in [4.69, 9.17) is 9.47 Å². The van der Waals surface area contributed by atoms with E-state index in [-0.39, 0.29) is 28.4 Å². The number of ketones is 2. The number of nitrogens with zero attached hydrogens (tertiary/aromatic N) is 2. The predicted octanol–water partition coefficient (Wildman–Crippen LogP) is 5.78. The van der Waals surface area contributed by atoms with E-state index in [1.165, 1.54) is 11.8 Å². The largest absolute Gasteiger partial charge is 0.507 e. The molecule has 39 heavy (non-hydrogen) atoms. The number of amides is 1. The monoisotopic (exact) mass is 546 g/mol. The lowest BCUT2D eigenvalue weighted by molar-refractivity contribution is -0.132. The number of benzene rings is 2. The molecule has 0 spiro atoms. The molecule has 1 N–H and O–H groups in total. The van der Waals surface area contributed by atoms with E-state index in [2.05, 4.69) is 11.9 Å². The second-order valence-corrected chi connectivity index (χ2v) is 10.8. The van der Waals surface area contributed by atoms with Crippen molar-refractivity contribution in [1.82, 2.24) is 4.98 Å². The van der Waals surface area contributed by atoms with Crippen molar-refractivity contribution in [3.8, 4) is 11.5 Å². The Morgan fingerprint density at radius 3 is 2.74 bits per heavy atom. The van der Waals surface area contributed by atoms with Gasteiger partial charge >= 0.3 is 5.91 Å². The Balaban J connectivity index is 1.66. The summed E-state index contributed by atoms with van der Waals surface area (Å²) in [6.07, 6.45) is 2.56. The van der Waals surface area contributed by atoms with Gasteiger partial charge in [0.1, 0.15) is 23.4 Å². The third-order valence-electron chi connectivity index (χ3n) is 6.87. The maximum atomic E-state index is 13.5. The maximum Gasteiger partial charge on any atom is 0.301 e. The summed E-state index contributed by atoms with van der Waals surface area (Å²) in [4.78, 5) is 45.4. The summed E-state index contributed by atoms with van der Waals surface area (Å²) < 4.78 is 11.7. The van der Waals surface area contributed by atoms with Gasteiger partial charge < -0.3 is 14.6 Å². The first-order chi connectivity index (χ1) is 18.7. The fourth-order valence-electron chi connectivity index (χ4n) is 4.99. The second-order valence-electron chi connectivity index (χ2n) is 9.87. The van der Waals surface area contributed by atoms with Gasteiger partial charge in [-0.1, -0.05) is 36.8 Å². The van der Waals surface area contributed by atoms with Crippen LogP contribution in [0.25, 0.3) is 5.76 Å². The number of Topliss-reactive ketones (excluding diaryl/α,β-unsaturated/α-hetero) is 2. The van der Waals surface area contributed by atoms with Gasteiger partial charge in [-0.15, -0.1) is 0 Å². The number of hydrogen-bond donors (Lipinski definition) is 1. The van der Waals surface area contributed by atoms with Crippen LogP contribution in [-0.4, -0.2) is 40.3 Å². The number of rotatable bonds is 8. The number of ether oxygens (including phenoxy) is 2. The van der Waals surface area contributed by atoms with Crippen molar-refractivity contribution in [1.29, 1.82) is 0 Å². The lowest BCUT2D eigenvalue weighted by atomic mass is 9.94. The molecule has 2 aliphatic rings. The molecule has 0 saturated carbocycles. The fraction of sp³-hybridized carbons (Fsp3) is 0.333. The van der Waals surface area contributed by atoms with E-state index >= 15 is 0 Å². The lowest BCUT2D eigenvalue weighted by Gasteiger charge is -2.23. The zero-order valence-electron chi connectivity index (χ0n) is 22.3. The lowest BCUT2D eigenvalue weighted by Crippen LogP contribution is -2.29. The van der Waals surface area contributed by atoms with Crippen LogP contribution < -0.4 is 14.4 Å². The van der Waals surface area contributed by atoms with Crippen molar-refractivity contribution in [2.24, 2.45) is 0 Å². The van der Waals surface area contributed by atoms with E-state index in [1.54, 1.807) is 43.3 Å². The van der Waals surface area contributed by atoms with Gasteiger partial charge in [-0.3, -0.25) is 19.3 Å². The number of aliphatic hydroxyl groups excluding tert-OH is 1. The molecule has 8 nitrogen and oxygen atoms in total. The van der Waals surface area contributed by atoms with Crippen LogP contribution in [0.2, 0.25) is 0 Å². The average Bonchev–Trinajstić information content (AvgIpc) is 3.56. The summed E-state index contributed by atoms with van der Waals surface area (Å²) in [5.74, 6) is -0.762. The summed E-state index contributed by atoms with van der Waals surface area (Å²) in [7, 11) is 0. The molecule has 2 atom stereocenters. The SMILES string of the molecule is CCCCOc1cccc(C2/C(=C(/O)c3ccc4c(c3)CC(C)O4)C(=O)C(=O)N2c2nc(C)c(C(C)=O)s2)c1. The van der Waals surface area contributed by atoms with E-state index < -0.39 is 17.7 Å². The molecular weight excluding hydrogens is 516 g/mol. The number of carbonyl (C=O) groups is 3. The van der Waals surface area contributed by atoms with Crippen LogP contribution in [0.1, 0.15) is 71.7 Å². The predicted molar refractivity (Wildman–Crippen MR) is 149 cm³/mol. The molecule has 1 amide bonds. The van der Waals surface area contributed by atoms with Crippen LogP contribution in [0.15, 0.2) is 48.0 Å². The minimum absolute atomic E-state index is 0.0158. The summed E-state index contributed by atoms with van der Waals surface area (Å²) in [6, 6.07) is 11.4. The van der Waals surface area contributed by atoms with Gasteiger partial charge in [-0.05, 0) is 61.7 Å². The molecule has 1 saturated heterocycles. The Labute approximate surface area is 230 Å². The van der Waals surface area contributed by atoms with Gasteiger partial charge in [0.25, 0.3) is 5.78 Å². The Morgan fingerprint density at radius 2 is 2.03 bits per heavy atom. The molecule has 1 aromatic heterocycles. The van der Waals surface area contributed by atoms with Crippen LogP contribution in [-0.2, 0) is 16.0 Å². The fourth-order valence-corrected chi connectivity index (χ4v) is 5.98. The molecule has 2 unspecified atom stereocenters. The Morgan fingerprint density at radius 1 is 1.23 bits per heavy atom. The molecule has 9 heteroatoms. The van der Waals surface area contributed by atoms with Gasteiger partial charge in [0.05, 0.1) is 28.8 Å². The van der Waals surface area contributed by atoms with Crippen molar-refractivity contribution in [2.75, 3.05) is 11.5 Å². The summed E-state index contributed by atoms with van der Waals surface area (Å²) >= 11 is 1.06. The van der Waals surface area contributed by atoms with Crippen molar-refractivity contribution in [2.45, 2.75) is 59.1 Å². The molecule has 202 valence electrons. The van der Waals surface area contributed by atoms with Gasteiger partial charge in [-0.25, -0.2) is 4.98 Å². The minimum Gasteiger partial charge on any atom is -0.507 e. The normalized spacial score (nSPS) is 19.7. The molecule has 1 fully saturated rings. The zero-order valence-corrected chi connectivity index (χ0v) is 23.1. The number of aryl methyl sites for hydroxylation is 1. The standard InChI is InChI=1S/C30H30N2O6S/c1-5-6-12-37-22-9-7-8-19(15-22)25-24(26(34)20-10-11-23-21(14-20)13-16(2)38-23)27(35)29(36)32(25)30-31-17(3)28(39-30)18(4)33/h7-11,14-16,25,34H,5-6,12-13H2,1-4H3/b26-24-. The zero-order chi connectivity index (χ0) is 27.8. The van der Waals surface area contributed by atoms with Crippen LogP contribution in [0.4, 0.5) is 5.13 Å². The number of fused-ring (bicyclic) bond motifs is 1. The van der Waals surface area contributed by atoms with Gasteiger partial charge in [0, 0.05) is 18.9 Å². The molecule has 0 radical (unpaired) electrons. The summed E-state index contributed by atoms with van der Waals surface area (Å²) in [6.45, 7) is 7.70. The van der Waals surface area contributed by atoms with E-state index in [1.807, 2.05) is 13.0 Å². The maximum absolute atomic E-state index is 13.5. The number of aliphatic hydroxyl groups is 1. The average molecular weight is 547 g/mol. The van der Waals surface area contributed by atoms with E-state index in [0.717, 1.165) is 35.5 Å². The Kier molecular flexibility index (Phi) is 7.27. The Hall–Kier alpha value is -3.98. The molecule has 2 aromatic carbocycles. The Bertz CT molecular complexity index is 1510. The van der Waals surface area contributed by atoms with Crippen LogP contribution in [0.5, 0.6) is 11.5 Å². The van der Waals surface area contributed by atoms with E-state index in [9.17, 15) is 19.5 Å². The first-order valence-electron chi connectivity index (χ1n) is 13.0. The number of thiazole rings is 1. The quantitative estimate of drug-likeness (QED) is 0.125. The molecule has 5 rings (SSSR count). The highest BCUT2D eigenvalue weighted by Crippen LogP contribution is 2.45. The molecule has 2 aliphatic heterocycles. The van der Waals surface area contributed by atoms with Crippen LogP contribution in [0.3, 0.4) is 0 Å². The third-order valence-corrected chi connectivity index (χ3v) is 8.12. The number of unbranched alkanes of at least 4 members (excludes halogenated alkanes) is 1. The third kappa shape index (κ3) is 4.94.